The van der Waals surface area contributed by atoms with Gasteiger partial charge in [0.05, 0.1) is 6.20 Å². The molecule has 0 saturated carbocycles. The van der Waals surface area contributed by atoms with Gasteiger partial charge in [-0.2, -0.15) is 0 Å². The number of aromatic nitrogens is 2. The van der Waals surface area contributed by atoms with Crippen LogP contribution in [0.15, 0.2) is 15.8 Å². The summed E-state index contributed by atoms with van der Waals surface area (Å²) < 4.78 is 2.13. The zero-order valence-corrected chi connectivity index (χ0v) is 6.94. The second-order valence-electron chi connectivity index (χ2n) is 2.45. The first-order chi connectivity index (χ1) is 5.57. The molecule has 1 aromatic heterocycles. The largest absolute Gasteiger partial charge is 0.502 e. The fraction of sp³-hybridized carbons (Fsp3) is 0.429. The van der Waals surface area contributed by atoms with Crippen molar-refractivity contribution >= 4 is 0 Å². The lowest BCUT2D eigenvalue weighted by Gasteiger charge is -2.03. The van der Waals surface area contributed by atoms with Gasteiger partial charge in [-0.3, -0.25) is 13.9 Å². The van der Waals surface area contributed by atoms with Gasteiger partial charge in [0.15, 0.2) is 5.75 Å². The third-order valence-electron chi connectivity index (χ3n) is 1.68. The monoisotopic (exact) mass is 170 g/mol. The summed E-state index contributed by atoms with van der Waals surface area (Å²) in [5.74, 6) is -0.404. The number of aryl methyl sites for hydroxylation is 1. The molecule has 0 fully saturated rings. The van der Waals surface area contributed by atoms with Crippen molar-refractivity contribution in [1.82, 2.24) is 9.13 Å². The maximum Gasteiger partial charge on any atom is 0.330 e. The van der Waals surface area contributed by atoms with Gasteiger partial charge >= 0.3 is 5.69 Å². The van der Waals surface area contributed by atoms with E-state index in [9.17, 15) is 9.59 Å². The van der Waals surface area contributed by atoms with Crippen molar-refractivity contribution in [2.24, 2.45) is 7.05 Å². The molecule has 0 spiro atoms. The minimum Gasteiger partial charge on any atom is -0.502 e. The molecule has 0 radical (unpaired) electrons. The predicted molar refractivity (Wildman–Crippen MR) is 43.3 cm³/mol. The van der Waals surface area contributed by atoms with E-state index in [0.717, 1.165) is 10.8 Å². The van der Waals surface area contributed by atoms with Crippen molar-refractivity contribution < 1.29 is 5.11 Å². The highest BCUT2D eigenvalue weighted by Crippen LogP contribution is 1.93. The van der Waals surface area contributed by atoms with Gasteiger partial charge in [0.1, 0.15) is 0 Å². The van der Waals surface area contributed by atoms with E-state index in [1.54, 1.807) is 6.92 Å². The lowest BCUT2D eigenvalue weighted by Crippen LogP contribution is -2.36. The van der Waals surface area contributed by atoms with E-state index in [-0.39, 0.29) is 0 Å². The van der Waals surface area contributed by atoms with E-state index >= 15 is 0 Å². The van der Waals surface area contributed by atoms with Crippen LogP contribution in [0, 0.1) is 0 Å². The van der Waals surface area contributed by atoms with Crippen LogP contribution in [0.5, 0.6) is 5.75 Å². The maximum atomic E-state index is 11.2. The maximum absolute atomic E-state index is 11.2. The lowest BCUT2D eigenvalue weighted by molar-refractivity contribution is 0.442. The first-order valence-electron chi connectivity index (χ1n) is 3.57. The molecule has 12 heavy (non-hydrogen) atoms. The first kappa shape index (κ1) is 8.58. The van der Waals surface area contributed by atoms with Crippen molar-refractivity contribution in [3.05, 3.63) is 27.0 Å². The van der Waals surface area contributed by atoms with Crippen LogP contribution in [0.3, 0.4) is 0 Å². The second-order valence-corrected chi connectivity index (χ2v) is 2.45. The molecule has 1 heterocycles. The highest BCUT2D eigenvalue weighted by molar-refractivity contribution is 5.10. The Hall–Kier alpha value is -1.52. The molecular weight excluding hydrogens is 160 g/mol. The van der Waals surface area contributed by atoms with E-state index in [4.69, 9.17) is 5.11 Å². The zero-order valence-electron chi connectivity index (χ0n) is 6.94. The third-order valence-corrected chi connectivity index (χ3v) is 1.68. The number of aromatic hydroxyl groups is 1. The molecule has 0 aliphatic rings. The Morgan fingerprint density at radius 3 is 2.58 bits per heavy atom. The van der Waals surface area contributed by atoms with Crippen LogP contribution in [0.2, 0.25) is 0 Å². The summed E-state index contributed by atoms with van der Waals surface area (Å²) in [6.07, 6.45) is 1.14. The summed E-state index contributed by atoms with van der Waals surface area (Å²) in [6, 6.07) is 0. The van der Waals surface area contributed by atoms with Crippen molar-refractivity contribution in [2.45, 2.75) is 13.5 Å². The summed E-state index contributed by atoms with van der Waals surface area (Å²) >= 11 is 0. The van der Waals surface area contributed by atoms with Crippen LogP contribution < -0.4 is 11.2 Å². The van der Waals surface area contributed by atoms with Gasteiger partial charge in [-0.05, 0) is 6.92 Å². The van der Waals surface area contributed by atoms with Crippen LogP contribution in [0.1, 0.15) is 6.92 Å². The molecule has 0 aromatic carbocycles. The Kier molecular flexibility index (Phi) is 2.03. The van der Waals surface area contributed by atoms with E-state index in [1.807, 2.05) is 0 Å². The van der Waals surface area contributed by atoms with E-state index in [2.05, 4.69) is 0 Å². The molecule has 66 valence electrons. The normalized spacial score (nSPS) is 10.2. The minimum absolute atomic E-state index is 0.404. The third kappa shape index (κ3) is 1.13. The Balaban J connectivity index is 3.61. The predicted octanol–water partition coefficient (Wildman–Crippen LogP) is -0.728. The molecule has 0 amide bonds. The summed E-state index contributed by atoms with van der Waals surface area (Å²) in [6.45, 7) is 2.19. The van der Waals surface area contributed by atoms with E-state index < -0.39 is 17.0 Å². The van der Waals surface area contributed by atoms with Crippen LogP contribution in [0.25, 0.3) is 0 Å². The zero-order chi connectivity index (χ0) is 9.30. The van der Waals surface area contributed by atoms with Gasteiger partial charge in [-0.1, -0.05) is 0 Å². The van der Waals surface area contributed by atoms with Crippen molar-refractivity contribution in [1.29, 1.82) is 0 Å². The molecule has 5 heteroatoms. The van der Waals surface area contributed by atoms with E-state index in [0.29, 0.717) is 6.54 Å². The molecule has 0 atom stereocenters. The number of hydrogen-bond donors (Lipinski definition) is 1. The molecule has 0 saturated heterocycles. The van der Waals surface area contributed by atoms with Crippen molar-refractivity contribution in [3.63, 3.8) is 0 Å². The molecule has 0 aliphatic heterocycles. The molecule has 0 bridgehead atoms. The average Bonchev–Trinajstić information content (AvgIpc) is 2.08. The Bertz CT molecular complexity index is 402. The molecule has 1 rings (SSSR count). The van der Waals surface area contributed by atoms with E-state index in [1.165, 1.54) is 11.6 Å². The molecule has 1 aromatic rings. The fourth-order valence-corrected chi connectivity index (χ4v) is 0.936. The average molecular weight is 170 g/mol. The molecular formula is C7H10N2O3. The minimum atomic E-state index is -0.662. The number of nitrogens with zero attached hydrogens (tertiary/aromatic N) is 2. The van der Waals surface area contributed by atoms with Gasteiger partial charge in [-0.15, -0.1) is 0 Å². The second kappa shape index (κ2) is 2.84. The topological polar surface area (TPSA) is 64.2 Å². The van der Waals surface area contributed by atoms with Crippen LogP contribution >= 0.6 is 0 Å². The van der Waals surface area contributed by atoms with Gasteiger partial charge < -0.3 is 5.11 Å². The van der Waals surface area contributed by atoms with Gasteiger partial charge in [0.25, 0.3) is 5.56 Å². The molecule has 0 aliphatic carbocycles. The van der Waals surface area contributed by atoms with Gasteiger partial charge in [0, 0.05) is 13.6 Å². The Morgan fingerprint density at radius 1 is 1.50 bits per heavy atom. The quantitative estimate of drug-likeness (QED) is 0.604. The van der Waals surface area contributed by atoms with Crippen LogP contribution in [-0.2, 0) is 13.6 Å². The SMILES string of the molecule is CCn1cc(O)c(=O)n(C)c1=O. The number of hydrogen-bond acceptors (Lipinski definition) is 3. The lowest BCUT2D eigenvalue weighted by atomic mass is 10.5. The Morgan fingerprint density at radius 2 is 2.08 bits per heavy atom. The van der Waals surface area contributed by atoms with Gasteiger partial charge in [0.2, 0.25) is 0 Å². The highest BCUT2D eigenvalue weighted by Gasteiger charge is 2.04. The summed E-state index contributed by atoms with van der Waals surface area (Å²) in [7, 11) is 1.33. The fourth-order valence-electron chi connectivity index (χ4n) is 0.936. The highest BCUT2D eigenvalue weighted by atomic mass is 16.3. The summed E-state index contributed by atoms with van der Waals surface area (Å²) in [5.41, 5.74) is -1.08. The summed E-state index contributed by atoms with van der Waals surface area (Å²) in [5, 5.41) is 9.04. The molecule has 5 nitrogen and oxygen atoms in total. The van der Waals surface area contributed by atoms with Crippen molar-refractivity contribution in [3.8, 4) is 5.75 Å². The van der Waals surface area contributed by atoms with Crippen LogP contribution in [0.4, 0.5) is 0 Å². The summed E-state index contributed by atoms with van der Waals surface area (Å²) in [4.78, 5) is 22.1. The van der Waals surface area contributed by atoms with Crippen molar-refractivity contribution in [2.75, 3.05) is 0 Å². The van der Waals surface area contributed by atoms with Crippen LogP contribution in [-0.4, -0.2) is 14.2 Å². The van der Waals surface area contributed by atoms with Gasteiger partial charge in [-0.25, -0.2) is 4.79 Å². The Labute approximate surface area is 68.5 Å². The standard InChI is InChI=1S/C7H10N2O3/c1-3-9-4-5(10)6(11)8(2)7(9)12/h4,10H,3H2,1-2H3. The first-order valence-corrected chi connectivity index (χ1v) is 3.57. The molecule has 1 N–H and O–H groups in total. The molecule has 0 unspecified atom stereocenters. The number of rotatable bonds is 1. The smallest absolute Gasteiger partial charge is 0.330 e.